The number of H-pyrrole nitrogens is 1. The van der Waals surface area contributed by atoms with Crippen LogP contribution in [-0.2, 0) is 4.84 Å². The Bertz CT molecular complexity index is 1050. The molecule has 132 valence electrons. The zero-order valence-corrected chi connectivity index (χ0v) is 15.3. The van der Waals surface area contributed by atoms with E-state index in [1.165, 1.54) is 24.0 Å². The zero-order valence-electron chi connectivity index (χ0n) is 15.3. The Morgan fingerprint density at radius 2 is 2.00 bits per heavy atom. The van der Waals surface area contributed by atoms with Gasteiger partial charge in [0.1, 0.15) is 11.6 Å². The summed E-state index contributed by atoms with van der Waals surface area (Å²) in [5, 5.41) is 0. The molecule has 0 spiro atoms. The Balaban J connectivity index is 1.78. The van der Waals surface area contributed by atoms with Crippen molar-refractivity contribution in [3.8, 4) is 11.1 Å². The number of hydrogen-bond donors (Lipinski definition) is 2. The monoisotopic (exact) mass is 346 g/mol. The number of aromatic amines is 1. The SMILES string of the molecule is CC1=C(c2cc(-c3cnccc3C)c3nc(C4CC4)[nH]c3c2)C(C)NO1. The van der Waals surface area contributed by atoms with Crippen molar-refractivity contribution in [1.82, 2.24) is 20.4 Å². The molecule has 1 aliphatic heterocycles. The Morgan fingerprint density at radius 1 is 1.15 bits per heavy atom. The van der Waals surface area contributed by atoms with E-state index in [-0.39, 0.29) is 6.04 Å². The first kappa shape index (κ1) is 15.6. The second-order valence-corrected chi connectivity index (χ2v) is 7.42. The van der Waals surface area contributed by atoms with Gasteiger partial charge in [0.2, 0.25) is 0 Å². The van der Waals surface area contributed by atoms with E-state index in [4.69, 9.17) is 9.82 Å². The standard InChI is InChI=1S/C21H22N4O/c1-11-6-7-22-10-17(11)16-8-15(19-12(2)25-26-13(19)3)9-18-20(16)24-21(23-18)14-4-5-14/h6-10,12,14,25H,4-5H2,1-3H3,(H,23,24). The van der Waals surface area contributed by atoms with E-state index in [1.807, 2.05) is 19.3 Å². The Labute approximate surface area is 152 Å². The molecule has 5 nitrogen and oxygen atoms in total. The van der Waals surface area contributed by atoms with E-state index in [2.05, 4.69) is 47.5 Å². The molecule has 0 bridgehead atoms. The lowest BCUT2D eigenvalue weighted by molar-refractivity contribution is 0.122. The molecule has 1 aromatic carbocycles. The fourth-order valence-electron chi connectivity index (χ4n) is 3.84. The fourth-order valence-corrected chi connectivity index (χ4v) is 3.84. The smallest absolute Gasteiger partial charge is 0.126 e. The predicted molar refractivity (Wildman–Crippen MR) is 102 cm³/mol. The summed E-state index contributed by atoms with van der Waals surface area (Å²) in [4.78, 5) is 18.4. The van der Waals surface area contributed by atoms with Crippen molar-refractivity contribution < 1.29 is 4.84 Å². The van der Waals surface area contributed by atoms with Crippen LogP contribution in [0.25, 0.3) is 27.7 Å². The first-order chi connectivity index (χ1) is 12.6. The molecule has 2 aliphatic rings. The molecule has 1 aliphatic carbocycles. The first-order valence-corrected chi connectivity index (χ1v) is 9.20. The lowest BCUT2D eigenvalue weighted by Crippen LogP contribution is -2.18. The molecule has 2 aromatic heterocycles. The average Bonchev–Trinajstić information content (AvgIpc) is 3.30. The minimum Gasteiger partial charge on any atom is -0.413 e. The van der Waals surface area contributed by atoms with Crippen LogP contribution in [0.1, 0.15) is 49.6 Å². The molecule has 0 radical (unpaired) electrons. The van der Waals surface area contributed by atoms with E-state index < -0.39 is 0 Å². The van der Waals surface area contributed by atoms with Crippen molar-refractivity contribution >= 4 is 16.6 Å². The summed E-state index contributed by atoms with van der Waals surface area (Å²) in [5.41, 5.74) is 11.0. The van der Waals surface area contributed by atoms with Crippen LogP contribution in [0.15, 0.2) is 36.4 Å². The van der Waals surface area contributed by atoms with Gasteiger partial charge in [-0.05, 0) is 62.9 Å². The second-order valence-electron chi connectivity index (χ2n) is 7.42. The molecule has 0 amide bonds. The molecule has 1 unspecified atom stereocenters. The minimum atomic E-state index is 0.154. The molecular formula is C21H22N4O. The number of aromatic nitrogens is 3. The molecule has 1 saturated carbocycles. The summed E-state index contributed by atoms with van der Waals surface area (Å²) in [6.45, 7) is 6.25. The first-order valence-electron chi connectivity index (χ1n) is 9.20. The summed E-state index contributed by atoms with van der Waals surface area (Å²) >= 11 is 0. The van der Waals surface area contributed by atoms with Crippen molar-refractivity contribution in [1.29, 1.82) is 0 Å². The van der Waals surface area contributed by atoms with E-state index in [9.17, 15) is 0 Å². The van der Waals surface area contributed by atoms with Crippen molar-refractivity contribution in [2.75, 3.05) is 0 Å². The quantitative estimate of drug-likeness (QED) is 0.735. The number of nitrogens with one attached hydrogen (secondary N) is 2. The van der Waals surface area contributed by atoms with Gasteiger partial charge < -0.3 is 9.82 Å². The zero-order chi connectivity index (χ0) is 17.8. The van der Waals surface area contributed by atoms with Gasteiger partial charge in [0.05, 0.1) is 17.1 Å². The summed E-state index contributed by atoms with van der Waals surface area (Å²) in [7, 11) is 0. The number of hydroxylamine groups is 1. The van der Waals surface area contributed by atoms with Crippen LogP contribution < -0.4 is 5.48 Å². The number of rotatable bonds is 3. The maximum atomic E-state index is 5.56. The summed E-state index contributed by atoms with van der Waals surface area (Å²) in [5.74, 6) is 2.62. The van der Waals surface area contributed by atoms with E-state index in [0.29, 0.717) is 5.92 Å². The normalized spacial score (nSPS) is 20.0. The molecule has 26 heavy (non-hydrogen) atoms. The fraction of sp³-hybridized carbons (Fsp3) is 0.333. The lowest BCUT2D eigenvalue weighted by atomic mass is 9.93. The molecular weight excluding hydrogens is 324 g/mol. The van der Waals surface area contributed by atoms with Crippen molar-refractivity contribution in [2.45, 2.75) is 45.6 Å². The molecule has 2 N–H and O–H groups in total. The highest BCUT2D eigenvalue weighted by Gasteiger charge is 2.29. The van der Waals surface area contributed by atoms with Gasteiger partial charge in [-0.1, -0.05) is 0 Å². The van der Waals surface area contributed by atoms with Crippen LogP contribution in [-0.4, -0.2) is 21.0 Å². The maximum Gasteiger partial charge on any atom is 0.126 e. The molecule has 5 heteroatoms. The highest BCUT2D eigenvalue weighted by molar-refractivity contribution is 5.96. The van der Waals surface area contributed by atoms with E-state index in [0.717, 1.165) is 39.3 Å². The number of aryl methyl sites for hydroxylation is 1. The molecule has 1 fully saturated rings. The molecule has 0 saturated heterocycles. The molecule has 5 rings (SSSR count). The number of imidazole rings is 1. The van der Waals surface area contributed by atoms with Crippen LogP contribution in [0.2, 0.25) is 0 Å². The summed E-state index contributed by atoms with van der Waals surface area (Å²) < 4.78 is 0. The number of fused-ring (bicyclic) bond motifs is 1. The number of benzene rings is 1. The van der Waals surface area contributed by atoms with Crippen LogP contribution in [0.3, 0.4) is 0 Å². The van der Waals surface area contributed by atoms with Gasteiger partial charge in [0, 0.05) is 35.0 Å². The third kappa shape index (κ3) is 2.42. The van der Waals surface area contributed by atoms with Crippen molar-refractivity contribution in [2.24, 2.45) is 0 Å². The Kier molecular flexibility index (Phi) is 3.40. The van der Waals surface area contributed by atoms with Gasteiger partial charge in [-0.25, -0.2) is 4.98 Å². The molecule has 1 atom stereocenters. The lowest BCUT2D eigenvalue weighted by Gasteiger charge is -2.12. The largest absolute Gasteiger partial charge is 0.413 e. The summed E-state index contributed by atoms with van der Waals surface area (Å²) in [6, 6.07) is 6.64. The van der Waals surface area contributed by atoms with Gasteiger partial charge in [-0.3, -0.25) is 4.98 Å². The van der Waals surface area contributed by atoms with Crippen LogP contribution in [0.4, 0.5) is 0 Å². The Morgan fingerprint density at radius 3 is 2.69 bits per heavy atom. The van der Waals surface area contributed by atoms with Gasteiger partial charge in [0.25, 0.3) is 0 Å². The third-order valence-electron chi connectivity index (χ3n) is 5.41. The molecule has 3 aromatic rings. The van der Waals surface area contributed by atoms with Crippen molar-refractivity contribution in [3.05, 3.63) is 53.3 Å². The number of nitrogens with zero attached hydrogens (tertiary/aromatic N) is 2. The summed E-state index contributed by atoms with van der Waals surface area (Å²) in [6.07, 6.45) is 6.23. The number of allylic oxidation sites excluding steroid dienone is 1. The average molecular weight is 346 g/mol. The van der Waals surface area contributed by atoms with Crippen LogP contribution >= 0.6 is 0 Å². The molecule has 3 heterocycles. The highest BCUT2D eigenvalue weighted by atomic mass is 16.7. The minimum absolute atomic E-state index is 0.154. The van der Waals surface area contributed by atoms with Gasteiger partial charge >= 0.3 is 0 Å². The van der Waals surface area contributed by atoms with E-state index in [1.54, 1.807) is 0 Å². The highest BCUT2D eigenvalue weighted by Crippen LogP contribution is 2.41. The second kappa shape index (κ2) is 5.68. The third-order valence-corrected chi connectivity index (χ3v) is 5.41. The van der Waals surface area contributed by atoms with Gasteiger partial charge in [-0.15, -0.1) is 5.48 Å². The predicted octanol–water partition coefficient (Wildman–Crippen LogP) is 4.47. The van der Waals surface area contributed by atoms with Crippen LogP contribution in [0.5, 0.6) is 0 Å². The van der Waals surface area contributed by atoms with Crippen LogP contribution in [0, 0.1) is 6.92 Å². The Hall–Kier alpha value is -2.66. The van der Waals surface area contributed by atoms with E-state index >= 15 is 0 Å². The number of pyridine rings is 1. The maximum absolute atomic E-state index is 5.56. The topological polar surface area (TPSA) is 62.8 Å². The van der Waals surface area contributed by atoms with Gasteiger partial charge in [-0.2, -0.15) is 0 Å². The van der Waals surface area contributed by atoms with Gasteiger partial charge in [0.15, 0.2) is 0 Å². The van der Waals surface area contributed by atoms with Crippen molar-refractivity contribution in [3.63, 3.8) is 0 Å². The number of hydrogen-bond acceptors (Lipinski definition) is 4.